The molecular weight excluding hydrogens is 330 g/mol. The number of pyridine rings is 1. The molecule has 1 aliphatic carbocycles. The van der Waals surface area contributed by atoms with Crippen LogP contribution in [0.3, 0.4) is 0 Å². The van der Waals surface area contributed by atoms with Crippen LogP contribution in [0.15, 0.2) is 54.9 Å². The zero-order valence-corrected chi connectivity index (χ0v) is 14.6. The summed E-state index contributed by atoms with van der Waals surface area (Å²) in [6.45, 7) is 0.558. The molecule has 1 aliphatic rings. The summed E-state index contributed by atoms with van der Waals surface area (Å²) in [6, 6.07) is 14.1. The molecule has 0 bridgehead atoms. The average Bonchev–Trinajstić information content (AvgIpc) is 3.11. The first kappa shape index (κ1) is 16.0. The van der Waals surface area contributed by atoms with Gasteiger partial charge in [0.05, 0.1) is 5.69 Å². The van der Waals surface area contributed by atoms with Crippen molar-refractivity contribution in [3.8, 4) is 10.6 Å². The topological polar surface area (TPSA) is 54.9 Å². The third kappa shape index (κ3) is 3.61. The molecule has 0 saturated heterocycles. The molecule has 2 heterocycles. The number of fused-ring (bicyclic) bond motifs is 1. The van der Waals surface area contributed by atoms with Crippen molar-refractivity contribution in [2.45, 2.75) is 25.8 Å². The monoisotopic (exact) mass is 349 g/mol. The van der Waals surface area contributed by atoms with Gasteiger partial charge in [-0.2, -0.15) is 0 Å². The van der Waals surface area contributed by atoms with Crippen LogP contribution < -0.4 is 5.32 Å². The highest BCUT2D eigenvalue weighted by atomic mass is 32.1. The van der Waals surface area contributed by atoms with Crippen molar-refractivity contribution in [3.05, 3.63) is 71.0 Å². The van der Waals surface area contributed by atoms with Gasteiger partial charge in [0.2, 0.25) is 5.91 Å². The van der Waals surface area contributed by atoms with Crippen molar-refractivity contribution in [2.24, 2.45) is 5.92 Å². The third-order valence-electron chi connectivity index (χ3n) is 4.55. The minimum atomic E-state index is 0.0402. The molecule has 3 aromatic rings. The first-order valence-electron chi connectivity index (χ1n) is 8.50. The number of aryl methyl sites for hydroxylation is 1. The lowest BCUT2D eigenvalue weighted by Gasteiger charge is -2.20. The molecule has 1 atom stereocenters. The van der Waals surface area contributed by atoms with Gasteiger partial charge in [0.15, 0.2) is 0 Å². The molecular formula is C20H19N3OS. The minimum absolute atomic E-state index is 0.0402. The summed E-state index contributed by atoms with van der Waals surface area (Å²) >= 11 is 1.72. The van der Waals surface area contributed by atoms with Gasteiger partial charge >= 0.3 is 0 Å². The standard InChI is InChI=1S/C20H19N3OS/c24-19(22-13-14-8-10-21-11-9-14)16-6-7-17-18(12-16)25-20(23-17)15-4-2-1-3-5-15/h1-5,8-11,16H,6-7,12-13H2,(H,22,24). The second-order valence-electron chi connectivity index (χ2n) is 6.27. The zero-order valence-electron chi connectivity index (χ0n) is 13.8. The maximum atomic E-state index is 12.5. The first-order valence-corrected chi connectivity index (χ1v) is 9.32. The van der Waals surface area contributed by atoms with E-state index in [2.05, 4.69) is 22.4 Å². The van der Waals surface area contributed by atoms with Gasteiger partial charge in [-0.3, -0.25) is 9.78 Å². The number of amides is 1. The number of aromatic nitrogens is 2. The van der Waals surface area contributed by atoms with Gasteiger partial charge in [0, 0.05) is 35.3 Å². The zero-order chi connectivity index (χ0) is 17.1. The van der Waals surface area contributed by atoms with Gasteiger partial charge in [-0.25, -0.2) is 4.98 Å². The Morgan fingerprint density at radius 1 is 1.16 bits per heavy atom. The highest BCUT2D eigenvalue weighted by molar-refractivity contribution is 7.15. The number of nitrogens with zero attached hydrogens (tertiary/aromatic N) is 2. The van der Waals surface area contributed by atoms with E-state index in [1.807, 2.05) is 30.3 Å². The maximum Gasteiger partial charge on any atom is 0.223 e. The summed E-state index contributed by atoms with van der Waals surface area (Å²) in [5, 5.41) is 4.11. The fourth-order valence-electron chi connectivity index (χ4n) is 3.14. The van der Waals surface area contributed by atoms with Gasteiger partial charge in [-0.05, 0) is 37.0 Å². The molecule has 1 N–H and O–H groups in total. The lowest BCUT2D eigenvalue weighted by molar-refractivity contribution is -0.125. The van der Waals surface area contributed by atoms with Gasteiger partial charge < -0.3 is 5.32 Å². The van der Waals surface area contributed by atoms with Crippen LogP contribution >= 0.6 is 11.3 Å². The molecule has 4 rings (SSSR count). The Morgan fingerprint density at radius 3 is 2.76 bits per heavy atom. The molecule has 2 aromatic heterocycles. The molecule has 4 nitrogen and oxygen atoms in total. The lowest BCUT2D eigenvalue weighted by Crippen LogP contribution is -2.33. The Balaban J connectivity index is 1.42. The number of benzene rings is 1. The maximum absolute atomic E-state index is 12.5. The molecule has 0 fully saturated rings. The van der Waals surface area contributed by atoms with E-state index in [1.54, 1.807) is 23.7 Å². The highest BCUT2D eigenvalue weighted by Crippen LogP contribution is 2.34. The van der Waals surface area contributed by atoms with E-state index < -0.39 is 0 Å². The van der Waals surface area contributed by atoms with Gasteiger partial charge in [-0.1, -0.05) is 30.3 Å². The van der Waals surface area contributed by atoms with Gasteiger partial charge in [-0.15, -0.1) is 11.3 Å². The van der Waals surface area contributed by atoms with Crippen LogP contribution in [0, 0.1) is 5.92 Å². The predicted molar refractivity (Wildman–Crippen MR) is 99.1 cm³/mol. The Labute approximate surface area is 151 Å². The van der Waals surface area contributed by atoms with E-state index in [0.717, 1.165) is 35.4 Å². The number of hydrogen-bond donors (Lipinski definition) is 1. The molecule has 1 amide bonds. The summed E-state index contributed by atoms with van der Waals surface area (Å²) in [4.78, 5) is 22.6. The number of hydrogen-bond acceptors (Lipinski definition) is 4. The van der Waals surface area contributed by atoms with Crippen molar-refractivity contribution < 1.29 is 4.79 Å². The average molecular weight is 349 g/mol. The largest absolute Gasteiger partial charge is 0.352 e. The van der Waals surface area contributed by atoms with Crippen molar-refractivity contribution >= 4 is 17.2 Å². The number of rotatable bonds is 4. The first-order chi connectivity index (χ1) is 12.3. The molecule has 0 spiro atoms. The van der Waals surface area contributed by atoms with Gasteiger partial charge in [0.1, 0.15) is 5.01 Å². The Morgan fingerprint density at radius 2 is 1.96 bits per heavy atom. The summed E-state index contributed by atoms with van der Waals surface area (Å²) in [5.41, 5.74) is 3.40. The van der Waals surface area contributed by atoms with Crippen LogP contribution in [-0.2, 0) is 24.2 Å². The molecule has 0 aliphatic heterocycles. The van der Waals surface area contributed by atoms with E-state index >= 15 is 0 Å². The van der Waals surface area contributed by atoms with Gasteiger partial charge in [0.25, 0.3) is 0 Å². The minimum Gasteiger partial charge on any atom is -0.352 e. The Kier molecular flexibility index (Phi) is 4.57. The van der Waals surface area contributed by atoms with E-state index in [9.17, 15) is 4.79 Å². The van der Waals surface area contributed by atoms with Crippen LogP contribution in [0.4, 0.5) is 0 Å². The molecule has 126 valence electrons. The van der Waals surface area contributed by atoms with Crippen molar-refractivity contribution in [3.63, 3.8) is 0 Å². The molecule has 1 unspecified atom stereocenters. The fraction of sp³-hybridized carbons (Fsp3) is 0.250. The SMILES string of the molecule is O=C(NCc1ccncc1)C1CCc2nc(-c3ccccc3)sc2C1. The van der Waals surface area contributed by atoms with Crippen LogP contribution in [0.5, 0.6) is 0 Å². The summed E-state index contributed by atoms with van der Waals surface area (Å²) in [5.74, 6) is 0.176. The fourth-order valence-corrected chi connectivity index (χ4v) is 4.33. The van der Waals surface area contributed by atoms with Crippen LogP contribution in [-0.4, -0.2) is 15.9 Å². The van der Waals surface area contributed by atoms with Crippen molar-refractivity contribution in [1.29, 1.82) is 0 Å². The van der Waals surface area contributed by atoms with Crippen molar-refractivity contribution in [2.75, 3.05) is 0 Å². The lowest BCUT2D eigenvalue weighted by atomic mass is 9.90. The van der Waals surface area contributed by atoms with Crippen molar-refractivity contribution in [1.82, 2.24) is 15.3 Å². The van der Waals surface area contributed by atoms with E-state index in [0.29, 0.717) is 6.54 Å². The highest BCUT2D eigenvalue weighted by Gasteiger charge is 2.27. The van der Waals surface area contributed by atoms with Crippen LogP contribution in [0.2, 0.25) is 0 Å². The Hall–Kier alpha value is -2.53. The summed E-state index contributed by atoms with van der Waals surface area (Å²) < 4.78 is 0. The molecule has 1 aromatic carbocycles. The predicted octanol–water partition coefficient (Wildman–Crippen LogP) is 3.63. The molecule has 5 heteroatoms. The van der Waals surface area contributed by atoms with E-state index in [4.69, 9.17) is 4.98 Å². The number of thiazole rings is 1. The number of carbonyl (C=O) groups is 1. The second-order valence-corrected chi connectivity index (χ2v) is 7.35. The quantitative estimate of drug-likeness (QED) is 0.782. The van der Waals surface area contributed by atoms with E-state index in [-0.39, 0.29) is 11.8 Å². The third-order valence-corrected chi connectivity index (χ3v) is 5.72. The van der Waals surface area contributed by atoms with Crippen LogP contribution in [0.1, 0.15) is 22.6 Å². The molecule has 0 saturated carbocycles. The summed E-state index contributed by atoms with van der Waals surface area (Å²) in [6.07, 6.45) is 6.04. The normalized spacial score (nSPS) is 16.2. The second kappa shape index (κ2) is 7.15. The number of carbonyl (C=O) groups excluding carboxylic acids is 1. The smallest absolute Gasteiger partial charge is 0.223 e. The molecule has 0 radical (unpaired) electrons. The summed E-state index contributed by atoms with van der Waals surface area (Å²) in [7, 11) is 0. The number of nitrogens with one attached hydrogen (secondary N) is 1. The Bertz CT molecular complexity index is 861. The van der Waals surface area contributed by atoms with E-state index in [1.165, 1.54) is 10.6 Å². The molecule has 25 heavy (non-hydrogen) atoms. The van der Waals surface area contributed by atoms with Crippen LogP contribution in [0.25, 0.3) is 10.6 Å².